The summed E-state index contributed by atoms with van der Waals surface area (Å²) >= 11 is 0. The zero-order chi connectivity index (χ0) is 23.8. The Morgan fingerprint density at radius 3 is 2.62 bits per heavy atom. The highest BCUT2D eigenvalue weighted by Gasteiger charge is 2.39. The van der Waals surface area contributed by atoms with Crippen molar-refractivity contribution in [3.8, 4) is 11.3 Å². The van der Waals surface area contributed by atoms with Gasteiger partial charge in [-0.1, -0.05) is 6.07 Å². The first kappa shape index (κ1) is 22.2. The standard InChI is InChI=1S/C25H27N5O4/c26-23(32)16-6-9-29(10-7-16)13-15-5-8-27-20(11-15)17-1-2-19-18(12-17)14-30(25(19)34)21-3-4-22(31)28-24(21)33/h1-2,5,8,11-12,16,21H,3-4,6-7,9-10,13-14H2,(H2,26,32)(H,28,31,33). The number of piperidine rings is 2. The second-order valence-corrected chi connectivity index (χ2v) is 9.27. The summed E-state index contributed by atoms with van der Waals surface area (Å²) in [5.74, 6) is -1.13. The SMILES string of the molecule is NC(=O)C1CCN(Cc2ccnc(-c3ccc4c(c3)CN(C3CCC(=O)NC3=O)C4=O)c2)CC1. The number of hydrogen-bond acceptors (Lipinski definition) is 6. The first-order valence-electron chi connectivity index (χ1n) is 11.6. The molecule has 0 aliphatic carbocycles. The maximum absolute atomic E-state index is 12.9. The van der Waals surface area contributed by atoms with Crippen molar-refractivity contribution in [3.63, 3.8) is 0 Å². The lowest BCUT2D eigenvalue weighted by Gasteiger charge is -2.30. The van der Waals surface area contributed by atoms with E-state index in [-0.39, 0.29) is 30.1 Å². The molecule has 0 spiro atoms. The molecule has 5 rings (SSSR count). The Bertz CT molecular complexity index is 1170. The summed E-state index contributed by atoms with van der Waals surface area (Å²) in [5, 5.41) is 2.33. The smallest absolute Gasteiger partial charge is 0.255 e. The van der Waals surface area contributed by atoms with Crippen molar-refractivity contribution in [3.05, 3.63) is 53.2 Å². The van der Waals surface area contributed by atoms with Gasteiger partial charge in [-0.25, -0.2) is 0 Å². The second-order valence-electron chi connectivity index (χ2n) is 9.27. The molecule has 2 saturated heterocycles. The first-order chi connectivity index (χ1) is 16.4. The number of primary amides is 1. The minimum atomic E-state index is -0.624. The number of nitrogens with one attached hydrogen (secondary N) is 1. The zero-order valence-electron chi connectivity index (χ0n) is 18.8. The van der Waals surface area contributed by atoms with Gasteiger partial charge in [0.1, 0.15) is 6.04 Å². The molecule has 4 amide bonds. The van der Waals surface area contributed by atoms with Gasteiger partial charge in [-0.15, -0.1) is 0 Å². The third kappa shape index (κ3) is 4.31. The Morgan fingerprint density at radius 2 is 1.88 bits per heavy atom. The number of imide groups is 1. The normalized spacial score (nSPS) is 21.5. The van der Waals surface area contributed by atoms with E-state index in [1.54, 1.807) is 17.2 Å². The molecule has 34 heavy (non-hydrogen) atoms. The first-order valence-corrected chi connectivity index (χ1v) is 11.6. The molecule has 3 aliphatic heterocycles. The Labute approximate surface area is 197 Å². The molecule has 1 aromatic carbocycles. The molecule has 9 heteroatoms. The molecule has 1 atom stereocenters. The van der Waals surface area contributed by atoms with Crippen LogP contribution in [-0.2, 0) is 27.5 Å². The summed E-state index contributed by atoms with van der Waals surface area (Å²) in [7, 11) is 0. The van der Waals surface area contributed by atoms with Crippen LogP contribution >= 0.6 is 0 Å². The minimum absolute atomic E-state index is 0.0295. The molecule has 2 fully saturated rings. The number of amides is 4. The average Bonchev–Trinajstić information content (AvgIpc) is 3.15. The van der Waals surface area contributed by atoms with Gasteiger partial charge in [-0.2, -0.15) is 0 Å². The Kier molecular flexibility index (Phi) is 5.87. The lowest BCUT2D eigenvalue weighted by molar-refractivity contribution is -0.137. The van der Waals surface area contributed by atoms with Crippen LogP contribution in [0.25, 0.3) is 11.3 Å². The van der Waals surface area contributed by atoms with Gasteiger partial charge in [0.05, 0.1) is 5.69 Å². The van der Waals surface area contributed by atoms with E-state index in [2.05, 4.69) is 21.3 Å². The van der Waals surface area contributed by atoms with Crippen LogP contribution in [0.5, 0.6) is 0 Å². The highest BCUT2D eigenvalue weighted by atomic mass is 16.2. The van der Waals surface area contributed by atoms with E-state index in [4.69, 9.17) is 5.73 Å². The second kappa shape index (κ2) is 8.98. The molecule has 0 bridgehead atoms. The van der Waals surface area contributed by atoms with Gasteiger partial charge in [0.2, 0.25) is 17.7 Å². The molecule has 0 radical (unpaired) electrons. The van der Waals surface area contributed by atoms with E-state index in [1.165, 1.54) is 0 Å². The number of pyridine rings is 1. The predicted octanol–water partition coefficient (Wildman–Crippen LogP) is 1.21. The maximum atomic E-state index is 12.9. The average molecular weight is 462 g/mol. The van der Waals surface area contributed by atoms with Crippen LogP contribution in [0.3, 0.4) is 0 Å². The van der Waals surface area contributed by atoms with Crippen LogP contribution < -0.4 is 11.1 Å². The van der Waals surface area contributed by atoms with Crippen LogP contribution in [0.4, 0.5) is 0 Å². The minimum Gasteiger partial charge on any atom is -0.369 e. The monoisotopic (exact) mass is 461 g/mol. The molecule has 2 aromatic rings. The van der Waals surface area contributed by atoms with E-state index in [0.29, 0.717) is 18.5 Å². The number of rotatable bonds is 5. The fourth-order valence-corrected chi connectivity index (χ4v) is 5.10. The maximum Gasteiger partial charge on any atom is 0.255 e. The summed E-state index contributed by atoms with van der Waals surface area (Å²) in [5.41, 5.74) is 9.73. The predicted molar refractivity (Wildman–Crippen MR) is 123 cm³/mol. The van der Waals surface area contributed by atoms with Crippen molar-refractivity contribution >= 4 is 23.6 Å². The molecule has 4 heterocycles. The number of aromatic nitrogens is 1. The van der Waals surface area contributed by atoms with Crippen LogP contribution in [0, 0.1) is 5.92 Å². The van der Waals surface area contributed by atoms with E-state index < -0.39 is 11.9 Å². The van der Waals surface area contributed by atoms with E-state index in [9.17, 15) is 19.2 Å². The van der Waals surface area contributed by atoms with Gasteiger partial charge < -0.3 is 10.6 Å². The lowest BCUT2D eigenvalue weighted by Crippen LogP contribution is -2.52. The van der Waals surface area contributed by atoms with Crippen LogP contribution in [-0.4, -0.2) is 57.5 Å². The number of nitrogens with zero attached hydrogens (tertiary/aromatic N) is 3. The third-order valence-corrected chi connectivity index (χ3v) is 7.04. The van der Waals surface area contributed by atoms with Crippen molar-refractivity contribution in [1.82, 2.24) is 20.1 Å². The topological polar surface area (TPSA) is 126 Å². The Morgan fingerprint density at radius 1 is 1.09 bits per heavy atom. The van der Waals surface area contributed by atoms with Gasteiger partial charge in [0, 0.05) is 42.8 Å². The van der Waals surface area contributed by atoms with E-state index in [0.717, 1.165) is 54.9 Å². The summed E-state index contributed by atoms with van der Waals surface area (Å²) in [6.07, 6.45) is 3.94. The highest BCUT2D eigenvalue weighted by molar-refractivity contribution is 6.05. The largest absolute Gasteiger partial charge is 0.369 e. The summed E-state index contributed by atoms with van der Waals surface area (Å²) in [4.78, 5) is 56.5. The third-order valence-electron chi connectivity index (χ3n) is 7.04. The van der Waals surface area contributed by atoms with Crippen LogP contribution in [0.15, 0.2) is 36.5 Å². The van der Waals surface area contributed by atoms with Crippen molar-refractivity contribution in [1.29, 1.82) is 0 Å². The number of benzene rings is 1. The van der Waals surface area contributed by atoms with Crippen LogP contribution in [0.1, 0.15) is 47.2 Å². The van der Waals surface area contributed by atoms with E-state index >= 15 is 0 Å². The van der Waals surface area contributed by atoms with Crippen molar-refractivity contribution < 1.29 is 19.2 Å². The van der Waals surface area contributed by atoms with Crippen molar-refractivity contribution in [2.45, 2.75) is 44.8 Å². The molecule has 9 nitrogen and oxygen atoms in total. The molecule has 176 valence electrons. The van der Waals surface area contributed by atoms with Gasteiger partial charge in [0.25, 0.3) is 5.91 Å². The van der Waals surface area contributed by atoms with Gasteiger partial charge >= 0.3 is 0 Å². The summed E-state index contributed by atoms with van der Waals surface area (Å²) in [6.45, 7) is 2.78. The number of likely N-dealkylation sites (tertiary alicyclic amines) is 1. The molecular formula is C25H27N5O4. The summed E-state index contributed by atoms with van der Waals surface area (Å²) in [6, 6.07) is 9.06. The molecule has 1 unspecified atom stereocenters. The Balaban J connectivity index is 1.29. The van der Waals surface area contributed by atoms with Gasteiger partial charge in [-0.3, -0.25) is 34.4 Å². The molecule has 1 aromatic heterocycles. The fraction of sp³-hybridized carbons (Fsp3) is 0.400. The Hall–Kier alpha value is -3.59. The molecular weight excluding hydrogens is 434 g/mol. The molecule has 3 N–H and O–H groups in total. The van der Waals surface area contributed by atoms with Crippen LogP contribution in [0.2, 0.25) is 0 Å². The lowest BCUT2D eigenvalue weighted by atomic mass is 9.96. The molecule has 0 saturated carbocycles. The summed E-state index contributed by atoms with van der Waals surface area (Å²) < 4.78 is 0. The number of carbonyl (C=O) groups is 4. The quantitative estimate of drug-likeness (QED) is 0.645. The highest BCUT2D eigenvalue weighted by Crippen LogP contribution is 2.31. The fourth-order valence-electron chi connectivity index (χ4n) is 5.10. The van der Waals surface area contributed by atoms with Gasteiger partial charge in [-0.05, 0) is 67.7 Å². The number of carbonyl (C=O) groups excluding carboxylic acids is 4. The number of hydrogen-bond donors (Lipinski definition) is 2. The molecule has 3 aliphatic rings. The van der Waals surface area contributed by atoms with Crippen molar-refractivity contribution in [2.24, 2.45) is 11.7 Å². The van der Waals surface area contributed by atoms with Crippen molar-refractivity contribution in [2.75, 3.05) is 13.1 Å². The number of fused-ring (bicyclic) bond motifs is 1. The van der Waals surface area contributed by atoms with Gasteiger partial charge in [0.15, 0.2) is 0 Å². The zero-order valence-corrected chi connectivity index (χ0v) is 18.8. The number of nitrogens with two attached hydrogens (primary N) is 1. The van der Waals surface area contributed by atoms with E-state index in [1.807, 2.05) is 18.2 Å².